The van der Waals surface area contributed by atoms with Crippen LogP contribution in [0.4, 0.5) is 0 Å². The van der Waals surface area contributed by atoms with E-state index < -0.39 is 5.56 Å². The lowest BCUT2D eigenvalue weighted by Crippen LogP contribution is -2.41. The van der Waals surface area contributed by atoms with E-state index in [1.54, 1.807) is 6.08 Å². The first-order chi connectivity index (χ1) is 12.2. The maximum Gasteiger partial charge on any atom is 0.258 e. The summed E-state index contributed by atoms with van der Waals surface area (Å²) < 4.78 is 0. The van der Waals surface area contributed by atoms with Crippen LogP contribution in [0.5, 0.6) is 5.88 Å². The lowest BCUT2D eigenvalue weighted by molar-refractivity contribution is -0.119. The van der Waals surface area contributed by atoms with Crippen LogP contribution in [-0.2, 0) is 11.2 Å². The van der Waals surface area contributed by atoms with Crippen molar-refractivity contribution in [2.24, 2.45) is 0 Å². The number of amides is 1. The second kappa shape index (κ2) is 8.71. The molecule has 0 unspecified atom stereocenters. The molecule has 1 heterocycles. The van der Waals surface area contributed by atoms with E-state index in [-0.39, 0.29) is 40.2 Å². The second-order valence-electron chi connectivity index (χ2n) is 6.78. The number of rotatable bonds is 6. The molecule has 0 aliphatic rings. The third kappa shape index (κ3) is 6.40. The van der Waals surface area contributed by atoms with Crippen molar-refractivity contribution in [3.05, 3.63) is 57.9 Å². The molecule has 0 atom stereocenters. The smallest absolute Gasteiger partial charge is 0.258 e. The summed E-state index contributed by atoms with van der Waals surface area (Å²) in [4.78, 5) is 30.6. The summed E-state index contributed by atoms with van der Waals surface area (Å²) in [7, 11) is 0. The van der Waals surface area contributed by atoms with E-state index in [1.807, 2.05) is 57.2 Å². The highest BCUT2D eigenvalue weighted by atomic mass is 32.2. The van der Waals surface area contributed by atoms with Gasteiger partial charge in [-0.3, -0.25) is 9.59 Å². The number of carbonyl (C=O) groups is 1. The van der Waals surface area contributed by atoms with Gasteiger partial charge in [0.1, 0.15) is 0 Å². The zero-order valence-electron chi connectivity index (χ0n) is 15.1. The number of nitrogens with zero attached hydrogens (tertiary/aromatic N) is 1. The molecule has 0 aliphatic heterocycles. The number of allylic oxidation sites excluding steroid dienone is 1. The molecule has 0 saturated heterocycles. The zero-order valence-corrected chi connectivity index (χ0v) is 15.9. The van der Waals surface area contributed by atoms with E-state index in [0.29, 0.717) is 0 Å². The second-order valence-corrected chi connectivity index (χ2v) is 7.74. The van der Waals surface area contributed by atoms with E-state index in [9.17, 15) is 14.7 Å². The van der Waals surface area contributed by atoms with Crippen LogP contribution in [0.2, 0.25) is 0 Å². The Hall–Kier alpha value is -2.54. The monoisotopic (exact) mass is 373 g/mol. The highest BCUT2D eigenvalue weighted by molar-refractivity contribution is 7.99. The number of aromatic amines is 1. The number of aromatic nitrogens is 2. The SMILES string of the molecule is CC(C)(C)NC(=O)CSc1nc(O)c(C/C=C/c2ccccc2)c(=O)[nH]1. The van der Waals surface area contributed by atoms with E-state index >= 15 is 0 Å². The van der Waals surface area contributed by atoms with E-state index in [2.05, 4.69) is 15.3 Å². The van der Waals surface area contributed by atoms with Gasteiger partial charge in [-0.05, 0) is 26.3 Å². The van der Waals surface area contributed by atoms with Gasteiger partial charge in [0.25, 0.3) is 5.56 Å². The number of aromatic hydroxyl groups is 1. The summed E-state index contributed by atoms with van der Waals surface area (Å²) in [6.45, 7) is 5.66. The van der Waals surface area contributed by atoms with Gasteiger partial charge in [0.15, 0.2) is 5.16 Å². The molecule has 1 aromatic carbocycles. The summed E-state index contributed by atoms with van der Waals surface area (Å²) in [6, 6.07) is 9.67. The van der Waals surface area contributed by atoms with Crippen molar-refractivity contribution in [2.45, 2.75) is 37.9 Å². The number of hydrogen-bond donors (Lipinski definition) is 3. The van der Waals surface area contributed by atoms with Crippen LogP contribution in [0.15, 0.2) is 46.4 Å². The Balaban J connectivity index is 2.00. The fourth-order valence-electron chi connectivity index (χ4n) is 2.18. The molecule has 0 saturated carbocycles. The van der Waals surface area contributed by atoms with Gasteiger partial charge in [0.05, 0.1) is 11.3 Å². The molecule has 2 rings (SSSR count). The van der Waals surface area contributed by atoms with Crippen LogP contribution in [-0.4, -0.2) is 32.3 Å². The highest BCUT2D eigenvalue weighted by Crippen LogP contribution is 2.17. The molecular weight excluding hydrogens is 350 g/mol. The van der Waals surface area contributed by atoms with Gasteiger partial charge in [-0.15, -0.1) is 0 Å². The molecule has 0 spiro atoms. The van der Waals surface area contributed by atoms with Gasteiger partial charge in [-0.2, -0.15) is 4.98 Å². The van der Waals surface area contributed by atoms with Crippen molar-refractivity contribution < 1.29 is 9.90 Å². The molecule has 6 nitrogen and oxygen atoms in total. The maximum absolute atomic E-state index is 12.2. The molecule has 138 valence electrons. The first kappa shape index (κ1) is 19.8. The molecule has 26 heavy (non-hydrogen) atoms. The van der Waals surface area contributed by atoms with Crippen molar-refractivity contribution in [1.29, 1.82) is 0 Å². The number of benzene rings is 1. The number of nitrogens with one attached hydrogen (secondary N) is 2. The molecule has 0 bridgehead atoms. The maximum atomic E-state index is 12.2. The molecule has 1 amide bonds. The minimum absolute atomic E-state index is 0.104. The van der Waals surface area contributed by atoms with Crippen molar-refractivity contribution >= 4 is 23.7 Å². The normalized spacial score (nSPS) is 11.7. The predicted octanol–water partition coefficient (Wildman–Crippen LogP) is 2.74. The molecule has 0 fully saturated rings. The van der Waals surface area contributed by atoms with Crippen molar-refractivity contribution in [1.82, 2.24) is 15.3 Å². The van der Waals surface area contributed by atoms with Crippen molar-refractivity contribution in [2.75, 3.05) is 5.75 Å². The van der Waals surface area contributed by atoms with Crippen LogP contribution in [0.3, 0.4) is 0 Å². The summed E-state index contributed by atoms with van der Waals surface area (Å²) in [5.74, 6) is -0.378. The van der Waals surface area contributed by atoms with E-state index in [4.69, 9.17) is 0 Å². The first-order valence-corrected chi connectivity index (χ1v) is 9.21. The van der Waals surface area contributed by atoms with Crippen LogP contribution < -0.4 is 10.9 Å². The summed E-state index contributed by atoms with van der Waals surface area (Å²) in [5, 5.41) is 13.1. The van der Waals surface area contributed by atoms with Gasteiger partial charge in [0, 0.05) is 12.0 Å². The van der Waals surface area contributed by atoms with Crippen LogP contribution in [0.1, 0.15) is 31.9 Å². The average Bonchev–Trinajstić information content (AvgIpc) is 2.55. The lowest BCUT2D eigenvalue weighted by Gasteiger charge is -2.20. The Morgan fingerprint density at radius 3 is 2.62 bits per heavy atom. The zero-order chi connectivity index (χ0) is 19.2. The lowest BCUT2D eigenvalue weighted by atomic mass is 10.1. The quantitative estimate of drug-likeness (QED) is 0.535. The predicted molar refractivity (Wildman–Crippen MR) is 104 cm³/mol. The number of H-pyrrole nitrogens is 1. The number of hydrogen-bond acceptors (Lipinski definition) is 5. The topological polar surface area (TPSA) is 95.1 Å². The first-order valence-electron chi connectivity index (χ1n) is 8.22. The molecule has 0 aliphatic carbocycles. The third-order valence-electron chi connectivity index (χ3n) is 3.26. The van der Waals surface area contributed by atoms with E-state index in [0.717, 1.165) is 17.3 Å². The molecule has 3 N–H and O–H groups in total. The Labute approximate surface area is 156 Å². The van der Waals surface area contributed by atoms with Crippen LogP contribution in [0, 0.1) is 0 Å². The summed E-state index contributed by atoms with van der Waals surface area (Å²) >= 11 is 1.07. The van der Waals surface area contributed by atoms with Crippen LogP contribution >= 0.6 is 11.8 Å². The molecule has 1 aromatic heterocycles. The highest BCUT2D eigenvalue weighted by Gasteiger charge is 2.15. The van der Waals surface area contributed by atoms with Gasteiger partial charge in [-0.25, -0.2) is 0 Å². The fraction of sp³-hybridized carbons (Fsp3) is 0.316. The van der Waals surface area contributed by atoms with Crippen LogP contribution in [0.25, 0.3) is 6.08 Å². The van der Waals surface area contributed by atoms with Gasteiger partial charge in [0.2, 0.25) is 11.8 Å². The van der Waals surface area contributed by atoms with Gasteiger partial charge >= 0.3 is 0 Å². The third-order valence-corrected chi connectivity index (χ3v) is 4.13. The Morgan fingerprint density at radius 2 is 2.00 bits per heavy atom. The molecular formula is C19H23N3O3S. The average molecular weight is 373 g/mol. The number of carbonyl (C=O) groups excluding carboxylic acids is 1. The van der Waals surface area contributed by atoms with Crippen molar-refractivity contribution in [3.8, 4) is 5.88 Å². The number of thioether (sulfide) groups is 1. The minimum Gasteiger partial charge on any atom is -0.493 e. The Kier molecular flexibility index (Phi) is 6.63. The minimum atomic E-state index is -0.408. The summed E-state index contributed by atoms with van der Waals surface area (Å²) in [5.41, 5.74) is 0.471. The largest absolute Gasteiger partial charge is 0.493 e. The van der Waals surface area contributed by atoms with Crippen molar-refractivity contribution in [3.63, 3.8) is 0 Å². The summed E-state index contributed by atoms with van der Waals surface area (Å²) in [6.07, 6.45) is 3.93. The Bertz CT molecular complexity index is 839. The van der Waals surface area contributed by atoms with Gasteiger partial charge < -0.3 is 15.4 Å². The standard InChI is InChI=1S/C19H23N3O3S/c1-19(2,3)22-15(23)12-26-18-20-16(24)14(17(25)21-18)11-7-10-13-8-5-4-6-9-13/h4-10H,11-12H2,1-3H3,(H,22,23)(H2,20,21,24,25)/b10-7+. The Morgan fingerprint density at radius 1 is 1.31 bits per heavy atom. The fourth-order valence-corrected chi connectivity index (χ4v) is 2.84. The van der Waals surface area contributed by atoms with E-state index in [1.165, 1.54) is 0 Å². The molecule has 0 radical (unpaired) electrons. The molecule has 2 aromatic rings. The molecule has 7 heteroatoms. The van der Waals surface area contributed by atoms with Gasteiger partial charge in [-0.1, -0.05) is 54.2 Å².